The van der Waals surface area contributed by atoms with Crippen molar-refractivity contribution in [3.63, 3.8) is 0 Å². The SMILES string of the molecule is O=C(Cn1cnc2ccccc21)c1ccccc1NCCCO. The Balaban J connectivity index is 1.80. The van der Waals surface area contributed by atoms with E-state index in [0.29, 0.717) is 18.5 Å². The van der Waals surface area contributed by atoms with Crippen molar-refractivity contribution in [2.24, 2.45) is 0 Å². The van der Waals surface area contributed by atoms with Gasteiger partial charge in [0.25, 0.3) is 0 Å². The smallest absolute Gasteiger partial charge is 0.184 e. The summed E-state index contributed by atoms with van der Waals surface area (Å²) < 4.78 is 1.86. The summed E-state index contributed by atoms with van der Waals surface area (Å²) >= 11 is 0. The molecule has 0 saturated heterocycles. The molecule has 118 valence electrons. The minimum Gasteiger partial charge on any atom is -0.396 e. The molecule has 23 heavy (non-hydrogen) atoms. The number of aliphatic hydroxyl groups excluding tert-OH is 1. The maximum absolute atomic E-state index is 12.7. The first kappa shape index (κ1) is 15.2. The molecule has 0 unspecified atom stereocenters. The van der Waals surface area contributed by atoms with E-state index in [1.165, 1.54) is 0 Å². The molecule has 3 rings (SSSR count). The summed E-state index contributed by atoms with van der Waals surface area (Å²) in [6.07, 6.45) is 2.35. The zero-order valence-corrected chi connectivity index (χ0v) is 12.8. The number of imidazole rings is 1. The van der Waals surface area contributed by atoms with E-state index >= 15 is 0 Å². The number of aromatic nitrogens is 2. The minimum atomic E-state index is 0.0280. The van der Waals surface area contributed by atoms with E-state index < -0.39 is 0 Å². The highest BCUT2D eigenvalue weighted by Crippen LogP contribution is 2.18. The van der Waals surface area contributed by atoms with Crippen molar-refractivity contribution < 1.29 is 9.90 Å². The molecule has 0 spiro atoms. The number of aliphatic hydroxyl groups is 1. The van der Waals surface area contributed by atoms with Crippen LogP contribution in [-0.4, -0.2) is 33.6 Å². The summed E-state index contributed by atoms with van der Waals surface area (Å²) in [4.78, 5) is 17.0. The molecule has 5 nitrogen and oxygen atoms in total. The highest BCUT2D eigenvalue weighted by molar-refractivity contribution is 6.01. The van der Waals surface area contributed by atoms with E-state index in [2.05, 4.69) is 10.3 Å². The van der Waals surface area contributed by atoms with Gasteiger partial charge in [0.2, 0.25) is 0 Å². The second kappa shape index (κ2) is 7.07. The molecule has 0 bridgehead atoms. The molecule has 0 radical (unpaired) electrons. The van der Waals surface area contributed by atoms with E-state index in [4.69, 9.17) is 5.11 Å². The Hall–Kier alpha value is -2.66. The van der Waals surface area contributed by atoms with Crippen LogP contribution in [0.25, 0.3) is 11.0 Å². The van der Waals surface area contributed by atoms with Gasteiger partial charge in [0.15, 0.2) is 5.78 Å². The Bertz CT molecular complexity index is 811. The lowest BCUT2D eigenvalue weighted by Gasteiger charge is -2.11. The van der Waals surface area contributed by atoms with Crippen LogP contribution in [0.15, 0.2) is 54.9 Å². The van der Waals surface area contributed by atoms with Gasteiger partial charge in [0.05, 0.1) is 23.9 Å². The number of nitrogens with zero attached hydrogens (tertiary/aromatic N) is 2. The molecule has 5 heteroatoms. The van der Waals surface area contributed by atoms with Crippen molar-refractivity contribution >= 4 is 22.5 Å². The summed E-state index contributed by atoms with van der Waals surface area (Å²) in [6, 6.07) is 15.2. The third-order valence-electron chi connectivity index (χ3n) is 3.72. The predicted octanol–water partition coefficient (Wildman–Crippen LogP) is 2.71. The Morgan fingerprint density at radius 1 is 1.13 bits per heavy atom. The number of Topliss-reactive ketones (excluding diaryl/α,β-unsaturated/α-hetero) is 1. The van der Waals surface area contributed by atoms with Gasteiger partial charge in [0, 0.05) is 24.4 Å². The Kier molecular flexibility index (Phi) is 4.68. The molecule has 3 aromatic rings. The molecule has 2 aromatic carbocycles. The van der Waals surface area contributed by atoms with E-state index in [1.807, 2.05) is 53.1 Å². The standard InChI is InChI=1S/C18H19N3O2/c22-11-5-10-19-15-7-2-1-6-14(15)18(23)12-21-13-20-16-8-3-4-9-17(16)21/h1-4,6-9,13,19,22H,5,10-12H2. The summed E-state index contributed by atoms with van der Waals surface area (Å²) in [7, 11) is 0. The molecule has 1 aromatic heterocycles. The molecule has 1 heterocycles. The van der Waals surface area contributed by atoms with Crippen molar-refractivity contribution in [1.29, 1.82) is 0 Å². The van der Waals surface area contributed by atoms with Gasteiger partial charge in [-0.1, -0.05) is 24.3 Å². The molecule has 0 aliphatic heterocycles. The molecule has 0 aliphatic rings. The van der Waals surface area contributed by atoms with Crippen LogP contribution in [-0.2, 0) is 6.54 Å². The predicted molar refractivity (Wildman–Crippen MR) is 90.7 cm³/mol. The van der Waals surface area contributed by atoms with Crippen LogP contribution < -0.4 is 5.32 Å². The number of hydrogen-bond donors (Lipinski definition) is 2. The highest BCUT2D eigenvalue weighted by atomic mass is 16.3. The third kappa shape index (κ3) is 3.40. The van der Waals surface area contributed by atoms with Crippen LogP contribution in [0.1, 0.15) is 16.8 Å². The van der Waals surface area contributed by atoms with Gasteiger partial charge in [-0.05, 0) is 30.7 Å². The van der Waals surface area contributed by atoms with E-state index in [0.717, 1.165) is 16.7 Å². The number of fused-ring (bicyclic) bond motifs is 1. The van der Waals surface area contributed by atoms with Crippen molar-refractivity contribution in [3.8, 4) is 0 Å². The van der Waals surface area contributed by atoms with Crippen LogP contribution in [0.3, 0.4) is 0 Å². The lowest BCUT2D eigenvalue weighted by Crippen LogP contribution is -2.13. The highest BCUT2D eigenvalue weighted by Gasteiger charge is 2.13. The monoisotopic (exact) mass is 309 g/mol. The Morgan fingerprint density at radius 2 is 1.91 bits per heavy atom. The molecule has 2 N–H and O–H groups in total. The van der Waals surface area contributed by atoms with Gasteiger partial charge in [-0.25, -0.2) is 4.98 Å². The number of anilines is 1. The fourth-order valence-electron chi connectivity index (χ4n) is 2.56. The van der Waals surface area contributed by atoms with E-state index in [9.17, 15) is 4.79 Å². The number of para-hydroxylation sites is 3. The van der Waals surface area contributed by atoms with Crippen molar-refractivity contribution in [3.05, 3.63) is 60.4 Å². The van der Waals surface area contributed by atoms with Gasteiger partial charge in [-0.3, -0.25) is 4.79 Å². The van der Waals surface area contributed by atoms with Crippen molar-refractivity contribution in [2.75, 3.05) is 18.5 Å². The Morgan fingerprint density at radius 3 is 2.78 bits per heavy atom. The van der Waals surface area contributed by atoms with E-state index in [1.54, 1.807) is 6.33 Å². The van der Waals surface area contributed by atoms with Gasteiger partial charge in [-0.2, -0.15) is 0 Å². The fourth-order valence-corrected chi connectivity index (χ4v) is 2.56. The number of benzene rings is 2. The van der Waals surface area contributed by atoms with Gasteiger partial charge >= 0.3 is 0 Å². The number of carbonyl (C=O) groups excluding carboxylic acids is 1. The van der Waals surface area contributed by atoms with Crippen LogP contribution in [0.4, 0.5) is 5.69 Å². The first-order chi connectivity index (χ1) is 11.3. The summed E-state index contributed by atoms with van der Waals surface area (Å²) in [5.41, 5.74) is 3.29. The molecular weight excluding hydrogens is 290 g/mol. The average molecular weight is 309 g/mol. The number of nitrogens with one attached hydrogen (secondary N) is 1. The van der Waals surface area contributed by atoms with Crippen molar-refractivity contribution in [2.45, 2.75) is 13.0 Å². The van der Waals surface area contributed by atoms with Gasteiger partial charge < -0.3 is 15.0 Å². The van der Waals surface area contributed by atoms with Crippen LogP contribution in [0.2, 0.25) is 0 Å². The lowest BCUT2D eigenvalue weighted by atomic mass is 10.1. The quantitative estimate of drug-likeness (QED) is 0.520. The van der Waals surface area contributed by atoms with Crippen molar-refractivity contribution in [1.82, 2.24) is 9.55 Å². The normalized spacial score (nSPS) is 10.8. The first-order valence-electron chi connectivity index (χ1n) is 7.66. The molecule has 0 saturated carbocycles. The summed E-state index contributed by atoms with van der Waals surface area (Å²) in [5, 5.41) is 12.1. The van der Waals surface area contributed by atoms with Crippen LogP contribution in [0.5, 0.6) is 0 Å². The van der Waals surface area contributed by atoms with Crippen LogP contribution >= 0.6 is 0 Å². The third-order valence-corrected chi connectivity index (χ3v) is 3.72. The maximum atomic E-state index is 12.7. The van der Waals surface area contributed by atoms with E-state index in [-0.39, 0.29) is 18.9 Å². The number of carbonyl (C=O) groups is 1. The fraction of sp³-hybridized carbons (Fsp3) is 0.222. The molecular formula is C18H19N3O2. The molecule has 0 aliphatic carbocycles. The molecule has 0 fully saturated rings. The maximum Gasteiger partial charge on any atom is 0.184 e. The molecule has 0 amide bonds. The Labute approximate surface area is 134 Å². The van der Waals surface area contributed by atoms with Gasteiger partial charge in [0.1, 0.15) is 0 Å². The number of hydrogen-bond acceptors (Lipinski definition) is 4. The summed E-state index contributed by atoms with van der Waals surface area (Å²) in [6.45, 7) is 1.01. The van der Waals surface area contributed by atoms with Gasteiger partial charge in [-0.15, -0.1) is 0 Å². The van der Waals surface area contributed by atoms with Crippen LogP contribution in [0, 0.1) is 0 Å². The molecule has 0 atom stereocenters. The topological polar surface area (TPSA) is 67.2 Å². The largest absolute Gasteiger partial charge is 0.396 e. The summed E-state index contributed by atoms with van der Waals surface area (Å²) in [5.74, 6) is 0.0280. The lowest BCUT2D eigenvalue weighted by molar-refractivity contribution is 0.0974. The first-order valence-corrected chi connectivity index (χ1v) is 7.66. The number of ketones is 1. The number of rotatable bonds is 7. The zero-order valence-electron chi connectivity index (χ0n) is 12.8. The zero-order chi connectivity index (χ0) is 16.1. The minimum absolute atomic E-state index is 0.0280. The average Bonchev–Trinajstić information content (AvgIpc) is 2.99. The second-order valence-electron chi connectivity index (χ2n) is 5.33. The second-order valence-corrected chi connectivity index (χ2v) is 5.33.